The van der Waals surface area contributed by atoms with Crippen molar-refractivity contribution in [1.29, 1.82) is 0 Å². The molecule has 1 heteroatoms. The Kier molecular flexibility index (Phi) is 4.56. The molecular weight excluding hydrogens is 278 g/mol. The molecule has 1 aromatic rings. The summed E-state index contributed by atoms with van der Waals surface area (Å²) < 4.78 is 0. The van der Waals surface area contributed by atoms with E-state index in [0.717, 1.165) is 12.8 Å². The number of anilines is 1. The Morgan fingerprint density at radius 3 is 2.30 bits per heavy atom. The first-order valence-corrected chi connectivity index (χ1v) is 8.61. The van der Waals surface area contributed by atoms with Crippen LogP contribution in [0.4, 0.5) is 5.69 Å². The Balaban J connectivity index is 1.58. The van der Waals surface area contributed by atoms with Crippen LogP contribution in [0.3, 0.4) is 0 Å². The fourth-order valence-electron chi connectivity index (χ4n) is 3.13. The van der Waals surface area contributed by atoms with Crippen LogP contribution in [0.15, 0.2) is 72.4 Å². The van der Waals surface area contributed by atoms with E-state index in [4.69, 9.17) is 0 Å². The molecule has 2 unspecified atom stereocenters. The maximum absolute atomic E-state index is 3.62. The highest BCUT2D eigenvalue weighted by Crippen LogP contribution is 2.27. The molecule has 0 fully saturated rings. The van der Waals surface area contributed by atoms with E-state index in [1.165, 1.54) is 16.8 Å². The molecule has 120 valence electrons. The summed E-state index contributed by atoms with van der Waals surface area (Å²) in [5.41, 5.74) is 4.24. The first-order valence-electron chi connectivity index (χ1n) is 8.61. The minimum absolute atomic E-state index is 0.211. The first-order chi connectivity index (χ1) is 11.0. The standard InChI is InChI=1S/C22H27N/c1-22(2,3)19-11-15-21(16-12-19)23-20-13-9-18(10-14-20)17-7-5-4-6-8-17/h4-7,9-13,15-17,20,23H,8,14H2,1-3H3. The predicted octanol–water partition coefficient (Wildman–Crippen LogP) is 5.78. The van der Waals surface area contributed by atoms with E-state index >= 15 is 0 Å². The molecule has 1 N–H and O–H groups in total. The van der Waals surface area contributed by atoms with E-state index in [0.29, 0.717) is 12.0 Å². The van der Waals surface area contributed by atoms with Gasteiger partial charge in [0.25, 0.3) is 0 Å². The van der Waals surface area contributed by atoms with Gasteiger partial charge in [0, 0.05) is 17.6 Å². The van der Waals surface area contributed by atoms with Crippen LogP contribution in [-0.4, -0.2) is 6.04 Å². The van der Waals surface area contributed by atoms with Crippen molar-refractivity contribution in [2.75, 3.05) is 5.32 Å². The maximum atomic E-state index is 3.62. The lowest BCUT2D eigenvalue weighted by Gasteiger charge is -2.23. The van der Waals surface area contributed by atoms with E-state index in [9.17, 15) is 0 Å². The van der Waals surface area contributed by atoms with Gasteiger partial charge >= 0.3 is 0 Å². The monoisotopic (exact) mass is 305 g/mol. The van der Waals surface area contributed by atoms with Crippen LogP contribution in [0.2, 0.25) is 0 Å². The lowest BCUT2D eigenvalue weighted by molar-refractivity contribution is 0.590. The summed E-state index contributed by atoms with van der Waals surface area (Å²) in [4.78, 5) is 0. The Morgan fingerprint density at radius 2 is 1.74 bits per heavy atom. The van der Waals surface area contributed by atoms with Gasteiger partial charge in [-0.15, -0.1) is 0 Å². The summed E-state index contributed by atoms with van der Waals surface area (Å²) in [5.74, 6) is 0.559. The van der Waals surface area contributed by atoms with Gasteiger partial charge in [0.15, 0.2) is 0 Å². The summed E-state index contributed by atoms with van der Waals surface area (Å²) in [6.45, 7) is 6.75. The van der Waals surface area contributed by atoms with E-state index in [1.807, 2.05) is 0 Å². The second-order valence-corrected chi connectivity index (χ2v) is 7.53. The minimum atomic E-state index is 0.211. The lowest BCUT2D eigenvalue weighted by atomic mass is 9.87. The molecular formula is C22H27N. The zero-order valence-electron chi connectivity index (χ0n) is 14.4. The van der Waals surface area contributed by atoms with E-state index < -0.39 is 0 Å². The molecule has 0 heterocycles. The molecule has 0 bridgehead atoms. The molecule has 3 rings (SSSR count). The van der Waals surface area contributed by atoms with Gasteiger partial charge in [-0.3, -0.25) is 0 Å². The number of allylic oxidation sites excluding steroid dienone is 6. The Morgan fingerprint density at radius 1 is 0.957 bits per heavy atom. The van der Waals surface area contributed by atoms with Crippen molar-refractivity contribution in [3.05, 3.63) is 77.9 Å². The second kappa shape index (κ2) is 6.62. The van der Waals surface area contributed by atoms with E-state index in [-0.39, 0.29) is 5.41 Å². The Hall–Kier alpha value is -2.02. The van der Waals surface area contributed by atoms with Crippen LogP contribution in [0.1, 0.15) is 39.2 Å². The number of hydrogen-bond acceptors (Lipinski definition) is 1. The summed E-state index contributed by atoms with van der Waals surface area (Å²) in [5, 5.41) is 3.62. The van der Waals surface area contributed by atoms with Gasteiger partial charge in [-0.05, 0) is 41.5 Å². The summed E-state index contributed by atoms with van der Waals surface area (Å²) >= 11 is 0. The van der Waals surface area contributed by atoms with Crippen molar-refractivity contribution < 1.29 is 0 Å². The largest absolute Gasteiger partial charge is 0.379 e. The molecule has 0 radical (unpaired) electrons. The fourth-order valence-corrected chi connectivity index (χ4v) is 3.13. The molecule has 2 aliphatic rings. The average Bonchev–Trinajstić information content (AvgIpc) is 2.56. The van der Waals surface area contributed by atoms with Gasteiger partial charge in [-0.1, -0.05) is 75.4 Å². The number of hydrogen-bond donors (Lipinski definition) is 1. The van der Waals surface area contributed by atoms with Crippen molar-refractivity contribution in [3.8, 4) is 0 Å². The minimum Gasteiger partial charge on any atom is -0.379 e. The number of nitrogens with one attached hydrogen (secondary N) is 1. The normalized spacial score (nSPS) is 23.7. The van der Waals surface area contributed by atoms with Gasteiger partial charge in [-0.25, -0.2) is 0 Å². The molecule has 0 amide bonds. The first kappa shape index (κ1) is 15.9. The summed E-state index contributed by atoms with van der Waals surface area (Å²) in [6.07, 6.45) is 18.0. The van der Waals surface area contributed by atoms with Crippen LogP contribution in [-0.2, 0) is 5.41 Å². The highest BCUT2D eigenvalue weighted by atomic mass is 14.9. The van der Waals surface area contributed by atoms with Crippen molar-refractivity contribution in [1.82, 2.24) is 0 Å². The van der Waals surface area contributed by atoms with Crippen LogP contribution >= 0.6 is 0 Å². The third kappa shape index (κ3) is 4.04. The molecule has 2 aliphatic carbocycles. The number of benzene rings is 1. The van der Waals surface area contributed by atoms with Crippen LogP contribution < -0.4 is 5.32 Å². The van der Waals surface area contributed by atoms with Gasteiger partial charge < -0.3 is 5.32 Å². The quantitative estimate of drug-likeness (QED) is 0.746. The van der Waals surface area contributed by atoms with Crippen molar-refractivity contribution in [3.63, 3.8) is 0 Å². The molecule has 23 heavy (non-hydrogen) atoms. The lowest BCUT2D eigenvalue weighted by Crippen LogP contribution is -2.19. The highest BCUT2D eigenvalue weighted by Gasteiger charge is 2.16. The molecule has 1 aromatic carbocycles. The predicted molar refractivity (Wildman–Crippen MR) is 101 cm³/mol. The second-order valence-electron chi connectivity index (χ2n) is 7.53. The summed E-state index contributed by atoms with van der Waals surface area (Å²) in [7, 11) is 0. The fraction of sp³-hybridized carbons (Fsp3) is 0.364. The maximum Gasteiger partial charge on any atom is 0.0482 e. The van der Waals surface area contributed by atoms with Crippen molar-refractivity contribution >= 4 is 5.69 Å². The summed E-state index contributed by atoms with van der Waals surface area (Å²) in [6, 6.07) is 9.25. The van der Waals surface area contributed by atoms with Crippen LogP contribution in [0, 0.1) is 5.92 Å². The van der Waals surface area contributed by atoms with E-state index in [2.05, 4.69) is 92.9 Å². The Labute approximate surface area is 140 Å². The van der Waals surface area contributed by atoms with Crippen molar-refractivity contribution in [2.24, 2.45) is 5.92 Å². The van der Waals surface area contributed by atoms with Gasteiger partial charge in [-0.2, -0.15) is 0 Å². The van der Waals surface area contributed by atoms with Gasteiger partial charge in [0.1, 0.15) is 0 Å². The molecule has 0 saturated carbocycles. The van der Waals surface area contributed by atoms with Crippen LogP contribution in [0.5, 0.6) is 0 Å². The van der Waals surface area contributed by atoms with Crippen LogP contribution in [0.25, 0.3) is 0 Å². The smallest absolute Gasteiger partial charge is 0.0482 e. The van der Waals surface area contributed by atoms with E-state index in [1.54, 1.807) is 0 Å². The zero-order valence-corrected chi connectivity index (χ0v) is 14.4. The zero-order chi connectivity index (χ0) is 16.3. The number of rotatable bonds is 3. The molecule has 0 saturated heterocycles. The topological polar surface area (TPSA) is 12.0 Å². The molecule has 1 nitrogen and oxygen atoms in total. The highest BCUT2D eigenvalue weighted by molar-refractivity contribution is 5.48. The molecule has 0 aromatic heterocycles. The third-order valence-electron chi connectivity index (χ3n) is 4.64. The third-order valence-corrected chi connectivity index (χ3v) is 4.64. The average molecular weight is 305 g/mol. The van der Waals surface area contributed by atoms with Gasteiger partial charge in [0.05, 0.1) is 0 Å². The molecule has 0 spiro atoms. The van der Waals surface area contributed by atoms with Crippen molar-refractivity contribution in [2.45, 2.75) is 45.1 Å². The molecule has 2 atom stereocenters. The van der Waals surface area contributed by atoms with Gasteiger partial charge in [0.2, 0.25) is 0 Å². The molecule has 0 aliphatic heterocycles. The SMILES string of the molecule is CC(C)(C)c1ccc(NC2C=CC(C3C=CC=CC3)=CC2)cc1. The Bertz CT molecular complexity index is 650.